The summed E-state index contributed by atoms with van der Waals surface area (Å²) < 4.78 is 0. The first-order valence-electron chi connectivity index (χ1n) is 5.21. The van der Waals surface area contributed by atoms with Crippen molar-refractivity contribution in [3.8, 4) is 11.5 Å². The maximum atomic E-state index is 12.1. The molecule has 0 amide bonds. The van der Waals surface area contributed by atoms with Crippen LogP contribution in [-0.2, 0) is 0 Å². The van der Waals surface area contributed by atoms with Gasteiger partial charge in [0.15, 0.2) is 11.5 Å². The van der Waals surface area contributed by atoms with Gasteiger partial charge in [0.2, 0.25) is 0 Å². The minimum Gasteiger partial charge on any atom is -0.508 e. The van der Waals surface area contributed by atoms with E-state index in [2.05, 4.69) is 0 Å². The molecule has 0 aliphatic carbocycles. The molecule has 0 atom stereocenters. The predicted octanol–water partition coefficient (Wildman–Crippen LogP) is 1.49. The number of carbonyl (C=O) groups excluding carboxylic acids is 1. The van der Waals surface area contributed by atoms with Crippen molar-refractivity contribution >= 4 is 17.2 Å². The fourth-order valence-electron chi connectivity index (χ4n) is 1.63. The Morgan fingerprint density at radius 2 is 1.78 bits per heavy atom. The molecule has 0 aromatic heterocycles. The second-order valence-electron chi connectivity index (χ2n) is 3.84. The van der Waals surface area contributed by atoms with E-state index in [0.717, 1.165) is 0 Å². The highest BCUT2D eigenvalue weighted by molar-refractivity contribution is 6.13. The Hall–Kier alpha value is -2.69. The Bertz CT molecular complexity index is 624. The van der Waals surface area contributed by atoms with Gasteiger partial charge >= 0.3 is 0 Å². The molecule has 2 aromatic rings. The normalized spacial score (nSPS) is 10.2. The van der Waals surface area contributed by atoms with Crippen LogP contribution in [0.1, 0.15) is 15.9 Å². The Morgan fingerprint density at radius 1 is 1.06 bits per heavy atom. The zero-order valence-corrected chi connectivity index (χ0v) is 9.42. The third-order valence-electron chi connectivity index (χ3n) is 2.60. The summed E-state index contributed by atoms with van der Waals surface area (Å²) >= 11 is 0. The van der Waals surface area contributed by atoms with Crippen molar-refractivity contribution in [2.75, 3.05) is 11.5 Å². The summed E-state index contributed by atoms with van der Waals surface area (Å²) in [7, 11) is 0. The number of rotatable bonds is 2. The van der Waals surface area contributed by atoms with Crippen LogP contribution in [0, 0.1) is 0 Å². The van der Waals surface area contributed by atoms with Gasteiger partial charge in [-0.1, -0.05) is 12.1 Å². The summed E-state index contributed by atoms with van der Waals surface area (Å²) in [6, 6.07) is 8.74. The highest BCUT2D eigenvalue weighted by Gasteiger charge is 2.16. The first-order valence-corrected chi connectivity index (χ1v) is 5.21. The van der Waals surface area contributed by atoms with Crippen LogP contribution >= 0.6 is 0 Å². The molecule has 2 rings (SSSR count). The maximum absolute atomic E-state index is 12.1. The maximum Gasteiger partial charge on any atom is 0.195 e. The van der Waals surface area contributed by atoms with E-state index in [1.165, 1.54) is 24.3 Å². The van der Waals surface area contributed by atoms with Gasteiger partial charge in [-0.25, -0.2) is 0 Å². The lowest BCUT2D eigenvalue weighted by Crippen LogP contribution is -2.06. The molecule has 0 heterocycles. The van der Waals surface area contributed by atoms with Gasteiger partial charge in [0.05, 0.1) is 11.4 Å². The van der Waals surface area contributed by atoms with Gasteiger partial charge in [-0.05, 0) is 24.3 Å². The minimum atomic E-state index is -0.390. The molecule has 0 bridgehead atoms. The van der Waals surface area contributed by atoms with E-state index in [9.17, 15) is 15.0 Å². The fraction of sp³-hybridized carbons (Fsp3) is 0. The molecule has 92 valence electrons. The van der Waals surface area contributed by atoms with Crippen LogP contribution in [0.2, 0.25) is 0 Å². The number of anilines is 2. The number of nitrogen functional groups attached to an aromatic ring is 2. The number of aromatic hydroxyl groups is 2. The van der Waals surface area contributed by atoms with Crippen LogP contribution < -0.4 is 11.5 Å². The number of nitrogens with two attached hydrogens (primary N) is 2. The Labute approximate surface area is 103 Å². The summed E-state index contributed by atoms with van der Waals surface area (Å²) in [5, 5.41) is 18.9. The van der Waals surface area contributed by atoms with Crippen molar-refractivity contribution in [3.63, 3.8) is 0 Å². The van der Waals surface area contributed by atoms with Crippen LogP contribution in [0.3, 0.4) is 0 Å². The van der Waals surface area contributed by atoms with Gasteiger partial charge in [0.25, 0.3) is 0 Å². The summed E-state index contributed by atoms with van der Waals surface area (Å²) in [6.45, 7) is 0. The number of hydrogen-bond donors (Lipinski definition) is 4. The lowest BCUT2D eigenvalue weighted by Gasteiger charge is -2.08. The Kier molecular flexibility index (Phi) is 2.81. The third-order valence-corrected chi connectivity index (χ3v) is 2.60. The molecular formula is C13H12N2O3. The summed E-state index contributed by atoms with van der Waals surface area (Å²) in [5.41, 5.74) is 11.6. The third kappa shape index (κ3) is 1.93. The van der Waals surface area contributed by atoms with E-state index in [-0.39, 0.29) is 34.0 Å². The molecule has 5 heteroatoms. The highest BCUT2D eigenvalue weighted by atomic mass is 16.3. The van der Waals surface area contributed by atoms with Gasteiger partial charge in [-0.15, -0.1) is 0 Å². The van der Waals surface area contributed by atoms with Crippen LogP contribution in [0.4, 0.5) is 11.4 Å². The van der Waals surface area contributed by atoms with Gasteiger partial charge in [0, 0.05) is 11.1 Å². The summed E-state index contributed by atoms with van der Waals surface area (Å²) in [4.78, 5) is 12.1. The van der Waals surface area contributed by atoms with Crippen molar-refractivity contribution in [3.05, 3.63) is 47.5 Å². The minimum absolute atomic E-state index is 0.0147. The molecule has 0 radical (unpaired) electrons. The first-order chi connectivity index (χ1) is 8.50. The fourth-order valence-corrected chi connectivity index (χ4v) is 1.63. The zero-order chi connectivity index (χ0) is 13.3. The molecule has 0 spiro atoms. The number of hydrogen-bond acceptors (Lipinski definition) is 5. The quantitative estimate of drug-likeness (QED) is 0.363. The van der Waals surface area contributed by atoms with E-state index in [1.54, 1.807) is 12.1 Å². The highest BCUT2D eigenvalue weighted by Crippen LogP contribution is 2.32. The number of ketones is 1. The molecule has 0 unspecified atom stereocenters. The van der Waals surface area contributed by atoms with Crippen LogP contribution in [0.5, 0.6) is 11.5 Å². The second-order valence-corrected chi connectivity index (χ2v) is 3.84. The van der Waals surface area contributed by atoms with Crippen molar-refractivity contribution in [1.29, 1.82) is 0 Å². The average Bonchev–Trinajstić information content (AvgIpc) is 2.35. The van der Waals surface area contributed by atoms with Crippen LogP contribution in [0.15, 0.2) is 36.4 Å². The molecule has 6 N–H and O–H groups in total. The predicted molar refractivity (Wildman–Crippen MR) is 68.5 cm³/mol. The van der Waals surface area contributed by atoms with Crippen LogP contribution in [0.25, 0.3) is 0 Å². The van der Waals surface area contributed by atoms with Crippen LogP contribution in [-0.4, -0.2) is 16.0 Å². The molecule has 2 aromatic carbocycles. The molecular weight excluding hydrogens is 232 g/mol. The molecule has 0 fully saturated rings. The van der Waals surface area contributed by atoms with E-state index in [0.29, 0.717) is 0 Å². The molecule has 0 aliphatic heterocycles. The van der Waals surface area contributed by atoms with E-state index in [4.69, 9.17) is 11.5 Å². The van der Waals surface area contributed by atoms with Crippen molar-refractivity contribution in [1.82, 2.24) is 0 Å². The number of benzene rings is 2. The second kappa shape index (κ2) is 4.29. The molecule has 18 heavy (non-hydrogen) atoms. The summed E-state index contributed by atoms with van der Waals surface area (Å²) in [6.07, 6.45) is 0. The summed E-state index contributed by atoms with van der Waals surface area (Å²) in [5.74, 6) is -0.709. The van der Waals surface area contributed by atoms with Crippen molar-refractivity contribution < 1.29 is 15.0 Å². The van der Waals surface area contributed by atoms with Crippen molar-refractivity contribution in [2.45, 2.75) is 0 Å². The van der Waals surface area contributed by atoms with Gasteiger partial charge in [-0.3, -0.25) is 4.79 Å². The number of carbonyl (C=O) groups is 1. The standard InChI is InChI=1S/C13H12N2O3/c14-10-5-4-9(11(15)13(10)18)12(17)7-2-1-3-8(16)6-7/h1-6,16,18H,14-15H2. The Morgan fingerprint density at radius 3 is 2.44 bits per heavy atom. The van der Waals surface area contributed by atoms with E-state index in [1.807, 2.05) is 0 Å². The smallest absolute Gasteiger partial charge is 0.195 e. The van der Waals surface area contributed by atoms with Gasteiger partial charge in [-0.2, -0.15) is 0 Å². The van der Waals surface area contributed by atoms with E-state index >= 15 is 0 Å². The molecule has 0 saturated heterocycles. The molecule has 5 nitrogen and oxygen atoms in total. The monoisotopic (exact) mass is 244 g/mol. The lowest BCUT2D eigenvalue weighted by molar-refractivity contribution is 0.103. The lowest BCUT2D eigenvalue weighted by atomic mass is 10.0. The topological polar surface area (TPSA) is 110 Å². The number of phenols is 2. The SMILES string of the molecule is Nc1ccc(C(=O)c2cccc(O)c2)c(N)c1O. The molecule has 0 saturated carbocycles. The Balaban J connectivity index is 2.50. The van der Waals surface area contributed by atoms with Gasteiger partial charge in [0.1, 0.15) is 5.75 Å². The average molecular weight is 244 g/mol. The number of phenolic OH excluding ortho intramolecular Hbond substituents is 2. The van der Waals surface area contributed by atoms with E-state index < -0.39 is 5.78 Å². The largest absolute Gasteiger partial charge is 0.508 e. The molecule has 0 aliphatic rings. The first kappa shape index (κ1) is 11.8. The van der Waals surface area contributed by atoms with Gasteiger partial charge < -0.3 is 21.7 Å². The zero-order valence-electron chi connectivity index (χ0n) is 9.42. The van der Waals surface area contributed by atoms with Crippen molar-refractivity contribution in [2.24, 2.45) is 0 Å².